The van der Waals surface area contributed by atoms with Crippen molar-refractivity contribution in [3.8, 4) is 0 Å². The van der Waals surface area contributed by atoms with Crippen molar-refractivity contribution >= 4 is 55.0 Å². The summed E-state index contributed by atoms with van der Waals surface area (Å²) in [7, 11) is 0. The van der Waals surface area contributed by atoms with Gasteiger partial charge in [-0.1, -0.05) is 83.3 Å². The molecule has 0 unspecified atom stereocenters. The lowest BCUT2D eigenvalue weighted by molar-refractivity contribution is -0.116. The average Bonchev–Trinajstić information content (AvgIpc) is 3.48. The van der Waals surface area contributed by atoms with Crippen LogP contribution in [0.3, 0.4) is 0 Å². The molecule has 3 heterocycles. The van der Waals surface area contributed by atoms with Gasteiger partial charge in [0.05, 0.1) is 12.8 Å². The fraction of sp³-hybridized carbons (Fsp3) is 0.280. The standard InChI is InChI=1S/C25H26N8O2S2/c34-20(16-18-8-3-1-4-9-18)26-22-28-30-24(36-22)32-12-7-13-33(15-14-32)25-31-29-23(37-25)27-21(35)17-19-10-5-2-6-11-19/h1-6,8-11H,7,12-17H2,(H,26,28,34)(H,27,29,35). The smallest absolute Gasteiger partial charge is 0.230 e. The quantitative estimate of drug-likeness (QED) is 0.353. The number of amides is 2. The second-order valence-electron chi connectivity index (χ2n) is 8.53. The van der Waals surface area contributed by atoms with Crippen LogP contribution in [0.25, 0.3) is 0 Å². The van der Waals surface area contributed by atoms with E-state index in [1.54, 1.807) is 0 Å². The van der Waals surface area contributed by atoms with Gasteiger partial charge in [0, 0.05) is 26.2 Å². The van der Waals surface area contributed by atoms with Crippen LogP contribution in [0.1, 0.15) is 17.5 Å². The van der Waals surface area contributed by atoms with E-state index in [0.717, 1.165) is 54.0 Å². The van der Waals surface area contributed by atoms with Crippen molar-refractivity contribution in [2.45, 2.75) is 19.3 Å². The van der Waals surface area contributed by atoms with E-state index in [1.165, 1.54) is 22.7 Å². The largest absolute Gasteiger partial charge is 0.345 e. The molecular weight excluding hydrogens is 508 g/mol. The SMILES string of the molecule is O=C(Cc1ccccc1)Nc1nnc(N2CCCN(c3nnc(NC(=O)Cc4ccccc4)s3)CC2)s1. The minimum atomic E-state index is -0.112. The number of aromatic nitrogens is 4. The Morgan fingerprint density at radius 2 is 1.08 bits per heavy atom. The van der Waals surface area contributed by atoms with Crippen LogP contribution in [0.4, 0.5) is 20.5 Å². The lowest BCUT2D eigenvalue weighted by atomic mass is 10.1. The zero-order chi connectivity index (χ0) is 25.5. The molecule has 1 aliphatic heterocycles. The third-order valence-corrected chi connectivity index (χ3v) is 7.57. The molecule has 190 valence electrons. The first-order valence-corrected chi connectivity index (χ1v) is 13.6. The average molecular weight is 535 g/mol. The minimum absolute atomic E-state index is 0.112. The molecule has 12 heteroatoms. The van der Waals surface area contributed by atoms with Crippen molar-refractivity contribution in [2.24, 2.45) is 0 Å². The Labute approximate surface area is 222 Å². The van der Waals surface area contributed by atoms with E-state index in [0.29, 0.717) is 23.1 Å². The molecule has 0 radical (unpaired) electrons. The van der Waals surface area contributed by atoms with Gasteiger partial charge in [0.2, 0.25) is 32.3 Å². The highest BCUT2D eigenvalue weighted by atomic mass is 32.1. The van der Waals surface area contributed by atoms with Crippen LogP contribution >= 0.6 is 22.7 Å². The summed E-state index contributed by atoms with van der Waals surface area (Å²) in [5.41, 5.74) is 1.90. The number of rotatable bonds is 8. The maximum Gasteiger partial charge on any atom is 0.230 e. The van der Waals surface area contributed by atoms with Crippen molar-refractivity contribution in [3.63, 3.8) is 0 Å². The summed E-state index contributed by atoms with van der Waals surface area (Å²) in [5, 5.41) is 25.2. The van der Waals surface area contributed by atoms with Crippen molar-refractivity contribution in [1.82, 2.24) is 20.4 Å². The zero-order valence-corrected chi connectivity index (χ0v) is 21.7. The highest BCUT2D eigenvalue weighted by Gasteiger charge is 2.21. The number of hydrogen-bond acceptors (Lipinski definition) is 10. The molecule has 0 spiro atoms. The van der Waals surface area contributed by atoms with E-state index < -0.39 is 0 Å². The highest BCUT2D eigenvalue weighted by Crippen LogP contribution is 2.28. The predicted octanol–water partition coefficient (Wildman–Crippen LogP) is 3.47. The summed E-state index contributed by atoms with van der Waals surface area (Å²) in [6.07, 6.45) is 1.50. The summed E-state index contributed by atoms with van der Waals surface area (Å²) < 4.78 is 0. The molecule has 0 bridgehead atoms. The number of benzene rings is 2. The Morgan fingerprint density at radius 3 is 1.51 bits per heavy atom. The molecule has 0 aliphatic carbocycles. The van der Waals surface area contributed by atoms with Gasteiger partial charge < -0.3 is 20.4 Å². The van der Waals surface area contributed by atoms with Gasteiger partial charge in [-0.25, -0.2) is 0 Å². The number of nitrogens with zero attached hydrogens (tertiary/aromatic N) is 6. The summed E-state index contributed by atoms with van der Waals surface area (Å²) >= 11 is 2.75. The van der Waals surface area contributed by atoms with Gasteiger partial charge in [-0.3, -0.25) is 9.59 Å². The van der Waals surface area contributed by atoms with E-state index in [4.69, 9.17) is 0 Å². The van der Waals surface area contributed by atoms with Crippen LogP contribution in [0.2, 0.25) is 0 Å². The van der Waals surface area contributed by atoms with Gasteiger partial charge in [-0.15, -0.1) is 20.4 Å². The van der Waals surface area contributed by atoms with Gasteiger partial charge in [-0.2, -0.15) is 0 Å². The van der Waals surface area contributed by atoms with Crippen LogP contribution in [-0.2, 0) is 22.4 Å². The van der Waals surface area contributed by atoms with Crippen LogP contribution in [0.15, 0.2) is 60.7 Å². The molecule has 1 saturated heterocycles. The Kier molecular flexibility index (Phi) is 7.96. The van der Waals surface area contributed by atoms with Crippen LogP contribution in [0, 0.1) is 0 Å². The van der Waals surface area contributed by atoms with Crippen LogP contribution in [-0.4, -0.2) is 58.4 Å². The van der Waals surface area contributed by atoms with E-state index >= 15 is 0 Å². The molecule has 2 amide bonds. The molecule has 2 aromatic carbocycles. The van der Waals surface area contributed by atoms with Crippen molar-refractivity contribution in [3.05, 3.63) is 71.8 Å². The Balaban J connectivity index is 1.12. The topological polar surface area (TPSA) is 116 Å². The molecule has 1 fully saturated rings. The van der Waals surface area contributed by atoms with Crippen LogP contribution < -0.4 is 20.4 Å². The number of carbonyl (C=O) groups is 2. The lowest BCUT2D eigenvalue weighted by Crippen LogP contribution is -2.30. The summed E-state index contributed by atoms with van der Waals surface area (Å²) in [6.45, 7) is 3.12. The first kappa shape index (κ1) is 24.8. The third-order valence-electron chi connectivity index (χ3n) is 5.77. The lowest BCUT2D eigenvalue weighted by Gasteiger charge is -2.20. The summed E-state index contributed by atoms with van der Waals surface area (Å²) in [6, 6.07) is 19.2. The van der Waals surface area contributed by atoms with E-state index in [-0.39, 0.29) is 11.8 Å². The van der Waals surface area contributed by atoms with E-state index in [9.17, 15) is 9.59 Å². The summed E-state index contributed by atoms with van der Waals surface area (Å²) in [5.74, 6) is -0.224. The monoisotopic (exact) mass is 534 g/mol. The van der Waals surface area contributed by atoms with E-state index in [2.05, 4.69) is 40.8 Å². The maximum atomic E-state index is 12.4. The second-order valence-corrected chi connectivity index (χ2v) is 10.4. The first-order valence-electron chi connectivity index (χ1n) is 12.0. The molecule has 5 rings (SSSR count). The Bertz CT molecular complexity index is 1230. The van der Waals surface area contributed by atoms with Crippen LogP contribution in [0.5, 0.6) is 0 Å². The van der Waals surface area contributed by atoms with Gasteiger partial charge in [-0.05, 0) is 17.5 Å². The van der Waals surface area contributed by atoms with E-state index in [1.807, 2.05) is 60.7 Å². The molecule has 2 N–H and O–H groups in total. The third kappa shape index (κ3) is 6.86. The fourth-order valence-electron chi connectivity index (χ4n) is 3.98. The van der Waals surface area contributed by atoms with Gasteiger partial charge >= 0.3 is 0 Å². The number of nitrogens with one attached hydrogen (secondary N) is 2. The highest BCUT2D eigenvalue weighted by molar-refractivity contribution is 7.19. The molecule has 0 saturated carbocycles. The molecular formula is C25H26N8O2S2. The molecule has 10 nitrogen and oxygen atoms in total. The molecule has 4 aromatic rings. The molecule has 0 atom stereocenters. The summed E-state index contributed by atoms with van der Waals surface area (Å²) in [4.78, 5) is 29.1. The zero-order valence-electron chi connectivity index (χ0n) is 20.0. The van der Waals surface area contributed by atoms with Gasteiger partial charge in [0.1, 0.15) is 0 Å². The maximum absolute atomic E-state index is 12.4. The molecule has 2 aromatic heterocycles. The first-order chi connectivity index (χ1) is 18.1. The second kappa shape index (κ2) is 11.9. The van der Waals surface area contributed by atoms with Crippen molar-refractivity contribution < 1.29 is 9.59 Å². The molecule has 37 heavy (non-hydrogen) atoms. The molecule has 1 aliphatic rings. The van der Waals surface area contributed by atoms with Crippen molar-refractivity contribution in [1.29, 1.82) is 0 Å². The van der Waals surface area contributed by atoms with Crippen molar-refractivity contribution in [2.75, 3.05) is 46.6 Å². The minimum Gasteiger partial charge on any atom is -0.345 e. The number of anilines is 4. The number of carbonyl (C=O) groups excluding carboxylic acids is 2. The predicted molar refractivity (Wildman–Crippen MR) is 146 cm³/mol. The number of hydrogen-bond donors (Lipinski definition) is 2. The fourth-order valence-corrected chi connectivity index (χ4v) is 5.60. The van der Waals surface area contributed by atoms with Gasteiger partial charge in [0.25, 0.3) is 0 Å². The normalized spacial score (nSPS) is 13.7. The Hall–Kier alpha value is -3.90. The Morgan fingerprint density at radius 1 is 0.649 bits per heavy atom. The van der Waals surface area contributed by atoms with Gasteiger partial charge in [0.15, 0.2) is 0 Å².